The molecule has 0 unspecified atom stereocenters. The maximum atomic E-state index is 14.3. The van der Waals surface area contributed by atoms with Crippen molar-refractivity contribution in [2.45, 2.75) is 33.0 Å². The Morgan fingerprint density at radius 1 is 1.35 bits per heavy atom. The van der Waals surface area contributed by atoms with Crippen LogP contribution in [0.15, 0.2) is 12.1 Å². The fourth-order valence-electron chi connectivity index (χ4n) is 2.61. The second-order valence-electron chi connectivity index (χ2n) is 5.23. The molecule has 1 aliphatic heterocycles. The Hall–Kier alpha value is -1.75. The zero-order valence-corrected chi connectivity index (χ0v) is 11.9. The first-order valence-electron chi connectivity index (χ1n) is 6.62. The first-order chi connectivity index (χ1) is 9.42. The fourth-order valence-corrected chi connectivity index (χ4v) is 2.61. The van der Waals surface area contributed by atoms with Crippen LogP contribution in [-0.4, -0.2) is 37.4 Å². The number of ether oxygens (including phenoxy) is 1. The Balaban J connectivity index is 2.45. The molecular weight excluding hydrogens is 261 g/mol. The van der Waals surface area contributed by atoms with Gasteiger partial charge in [0.25, 0.3) is 0 Å². The van der Waals surface area contributed by atoms with Crippen molar-refractivity contribution < 1.29 is 18.7 Å². The third-order valence-corrected chi connectivity index (χ3v) is 3.36. The molecule has 0 bridgehead atoms. The molecule has 0 saturated carbocycles. The van der Waals surface area contributed by atoms with Gasteiger partial charge < -0.3 is 9.64 Å². The normalized spacial score (nSPS) is 22.7. The van der Waals surface area contributed by atoms with Crippen LogP contribution in [0.3, 0.4) is 0 Å². The molecule has 0 amide bonds. The van der Waals surface area contributed by atoms with Gasteiger partial charge in [-0.3, -0.25) is 9.59 Å². The lowest BCUT2D eigenvalue weighted by Crippen LogP contribution is -2.46. The highest BCUT2D eigenvalue weighted by Crippen LogP contribution is 2.28. The van der Waals surface area contributed by atoms with Crippen molar-refractivity contribution in [3.63, 3.8) is 0 Å². The van der Waals surface area contributed by atoms with Crippen molar-refractivity contribution in [1.82, 2.24) is 0 Å². The van der Waals surface area contributed by atoms with Crippen LogP contribution in [0, 0.1) is 5.82 Å². The zero-order chi connectivity index (χ0) is 14.9. The van der Waals surface area contributed by atoms with Crippen LogP contribution >= 0.6 is 0 Å². The summed E-state index contributed by atoms with van der Waals surface area (Å²) in [6.07, 6.45) is 0.519. The molecule has 5 heteroatoms. The summed E-state index contributed by atoms with van der Waals surface area (Å²) in [5.41, 5.74) is 0.672. The molecule has 2 rings (SSSR count). The number of morpholine rings is 1. The zero-order valence-electron chi connectivity index (χ0n) is 11.9. The van der Waals surface area contributed by atoms with E-state index in [9.17, 15) is 14.0 Å². The molecular formula is C15H18FNO3. The van der Waals surface area contributed by atoms with Crippen molar-refractivity contribution >= 4 is 17.8 Å². The molecule has 108 valence electrons. The van der Waals surface area contributed by atoms with E-state index in [0.29, 0.717) is 19.4 Å². The van der Waals surface area contributed by atoms with E-state index in [-0.39, 0.29) is 34.8 Å². The van der Waals surface area contributed by atoms with Crippen LogP contribution in [0.5, 0.6) is 0 Å². The Morgan fingerprint density at radius 3 is 2.45 bits per heavy atom. The summed E-state index contributed by atoms with van der Waals surface area (Å²) in [5, 5.41) is 0. The number of hydrogen-bond acceptors (Lipinski definition) is 4. The molecule has 1 aliphatic rings. The van der Waals surface area contributed by atoms with Gasteiger partial charge in [-0.2, -0.15) is 0 Å². The summed E-state index contributed by atoms with van der Waals surface area (Å²) >= 11 is 0. The highest BCUT2D eigenvalue weighted by atomic mass is 19.1. The summed E-state index contributed by atoms with van der Waals surface area (Å²) in [5.74, 6) is -0.802. The average Bonchev–Trinajstić information content (AvgIpc) is 2.36. The molecule has 1 saturated heterocycles. The van der Waals surface area contributed by atoms with E-state index in [4.69, 9.17) is 4.74 Å². The van der Waals surface area contributed by atoms with E-state index >= 15 is 0 Å². The van der Waals surface area contributed by atoms with E-state index in [0.717, 1.165) is 0 Å². The number of anilines is 1. The SMILES string of the molecule is CC(=O)c1cc(F)c(N2C[C@@H](C)O[C@@H](C)C2)c(C=O)c1. The highest BCUT2D eigenvalue weighted by molar-refractivity contribution is 5.97. The maximum Gasteiger partial charge on any atom is 0.159 e. The van der Waals surface area contributed by atoms with Crippen LogP contribution in [0.1, 0.15) is 41.5 Å². The predicted octanol–water partition coefficient (Wildman–Crippen LogP) is 2.45. The molecule has 1 heterocycles. The molecule has 0 radical (unpaired) electrons. The van der Waals surface area contributed by atoms with Crippen LogP contribution in [0.25, 0.3) is 0 Å². The van der Waals surface area contributed by atoms with Crippen molar-refractivity contribution in [3.05, 3.63) is 29.1 Å². The van der Waals surface area contributed by atoms with E-state index in [1.165, 1.54) is 19.1 Å². The smallest absolute Gasteiger partial charge is 0.159 e. The number of benzene rings is 1. The third-order valence-electron chi connectivity index (χ3n) is 3.36. The Morgan fingerprint density at radius 2 is 1.95 bits per heavy atom. The summed E-state index contributed by atoms with van der Waals surface area (Å²) < 4.78 is 19.9. The topological polar surface area (TPSA) is 46.6 Å². The number of carbonyl (C=O) groups excluding carboxylic acids is 2. The van der Waals surface area contributed by atoms with Gasteiger partial charge in [-0.1, -0.05) is 0 Å². The fraction of sp³-hybridized carbons (Fsp3) is 0.467. The van der Waals surface area contributed by atoms with Gasteiger partial charge in [0, 0.05) is 24.2 Å². The van der Waals surface area contributed by atoms with Crippen LogP contribution < -0.4 is 4.90 Å². The number of carbonyl (C=O) groups is 2. The van der Waals surface area contributed by atoms with E-state index in [1.807, 2.05) is 18.7 Å². The summed E-state index contributed by atoms with van der Waals surface area (Å²) in [4.78, 5) is 24.4. The second-order valence-corrected chi connectivity index (χ2v) is 5.23. The number of hydrogen-bond donors (Lipinski definition) is 0. The summed E-state index contributed by atoms with van der Waals surface area (Å²) in [6.45, 7) is 6.20. The van der Waals surface area contributed by atoms with Crippen molar-refractivity contribution in [3.8, 4) is 0 Å². The Bertz CT molecular complexity index is 534. The third kappa shape index (κ3) is 2.88. The first kappa shape index (κ1) is 14.7. The van der Waals surface area contributed by atoms with Crippen LogP contribution in [0.2, 0.25) is 0 Å². The molecule has 1 fully saturated rings. The van der Waals surface area contributed by atoms with Crippen molar-refractivity contribution in [2.75, 3.05) is 18.0 Å². The minimum absolute atomic E-state index is 0.0369. The predicted molar refractivity (Wildman–Crippen MR) is 74.0 cm³/mol. The van der Waals surface area contributed by atoms with E-state index in [2.05, 4.69) is 0 Å². The van der Waals surface area contributed by atoms with Gasteiger partial charge in [-0.15, -0.1) is 0 Å². The largest absolute Gasteiger partial charge is 0.372 e. The van der Waals surface area contributed by atoms with Gasteiger partial charge in [-0.25, -0.2) is 4.39 Å². The first-order valence-corrected chi connectivity index (χ1v) is 6.62. The average molecular weight is 279 g/mol. The van der Waals surface area contributed by atoms with Gasteiger partial charge >= 0.3 is 0 Å². The second kappa shape index (κ2) is 5.71. The van der Waals surface area contributed by atoms with E-state index < -0.39 is 5.82 Å². The van der Waals surface area contributed by atoms with Gasteiger partial charge in [0.15, 0.2) is 12.1 Å². The number of ketones is 1. The molecule has 4 nitrogen and oxygen atoms in total. The highest BCUT2D eigenvalue weighted by Gasteiger charge is 2.26. The lowest BCUT2D eigenvalue weighted by molar-refractivity contribution is -0.00543. The molecule has 1 aromatic rings. The lowest BCUT2D eigenvalue weighted by atomic mass is 10.0. The molecule has 1 aromatic carbocycles. The Labute approximate surface area is 117 Å². The lowest BCUT2D eigenvalue weighted by Gasteiger charge is -2.37. The number of halogens is 1. The summed E-state index contributed by atoms with van der Waals surface area (Å²) in [7, 11) is 0. The van der Waals surface area contributed by atoms with Crippen LogP contribution in [-0.2, 0) is 4.74 Å². The number of aldehydes is 1. The molecule has 2 atom stereocenters. The van der Waals surface area contributed by atoms with Crippen LogP contribution in [0.4, 0.5) is 10.1 Å². The van der Waals surface area contributed by atoms with Gasteiger partial charge in [0.1, 0.15) is 5.82 Å². The number of nitrogens with zero attached hydrogens (tertiary/aromatic N) is 1. The standard InChI is InChI=1S/C15H18FNO3/c1-9-6-17(7-10(2)20-9)15-13(8-18)4-12(11(3)19)5-14(15)16/h4-5,8-10H,6-7H2,1-3H3/t9-,10+. The number of rotatable bonds is 3. The van der Waals surface area contributed by atoms with Gasteiger partial charge in [0.2, 0.25) is 0 Å². The van der Waals surface area contributed by atoms with Gasteiger partial charge in [-0.05, 0) is 32.9 Å². The van der Waals surface area contributed by atoms with Gasteiger partial charge in [0.05, 0.1) is 17.9 Å². The maximum absolute atomic E-state index is 14.3. The van der Waals surface area contributed by atoms with Crippen molar-refractivity contribution in [2.24, 2.45) is 0 Å². The minimum atomic E-state index is -0.541. The van der Waals surface area contributed by atoms with Crippen molar-refractivity contribution in [1.29, 1.82) is 0 Å². The molecule has 0 aromatic heterocycles. The van der Waals surface area contributed by atoms with E-state index in [1.54, 1.807) is 0 Å². The Kier molecular flexibility index (Phi) is 4.18. The minimum Gasteiger partial charge on any atom is -0.372 e. The molecule has 20 heavy (non-hydrogen) atoms. The molecule has 0 aliphatic carbocycles. The summed E-state index contributed by atoms with van der Waals surface area (Å²) in [6, 6.07) is 2.63. The molecule has 0 spiro atoms. The monoisotopic (exact) mass is 279 g/mol. The quantitative estimate of drug-likeness (QED) is 0.630. The number of Topliss-reactive ketones (excluding diaryl/α,β-unsaturated/α-hetero) is 1. The molecule has 0 N–H and O–H groups in total.